The fourth-order valence-corrected chi connectivity index (χ4v) is 2.54. The minimum absolute atomic E-state index is 0.104. The maximum atomic E-state index is 12.4. The third-order valence-corrected chi connectivity index (χ3v) is 3.75. The van der Waals surface area contributed by atoms with E-state index >= 15 is 0 Å². The zero-order valence-electron chi connectivity index (χ0n) is 11.0. The van der Waals surface area contributed by atoms with E-state index in [0.29, 0.717) is 0 Å². The molecule has 1 saturated heterocycles. The fraction of sp³-hybridized carbons (Fsp3) is 0.538. The molecule has 21 heavy (non-hydrogen) atoms. The SMILES string of the molecule is O=C(c1cccc(Cl)n1)N1CCC(C(O)C(F)(F)F)CC1. The number of pyridine rings is 1. The van der Waals surface area contributed by atoms with Crippen LogP contribution in [0.1, 0.15) is 23.3 Å². The lowest BCUT2D eigenvalue weighted by molar-refractivity contribution is -0.222. The van der Waals surface area contributed by atoms with Crippen LogP contribution in [0.2, 0.25) is 5.15 Å². The number of carbonyl (C=O) groups is 1. The summed E-state index contributed by atoms with van der Waals surface area (Å²) < 4.78 is 37.3. The van der Waals surface area contributed by atoms with E-state index in [4.69, 9.17) is 11.6 Å². The predicted molar refractivity (Wildman–Crippen MR) is 69.9 cm³/mol. The average Bonchev–Trinajstić information content (AvgIpc) is 2.45. The molecule has 0 radical (unpaired) electrons. The number of hydrogen-bond donors (Lipinski definition) is 1. The Bertz CT molecular complexity index is 516. The molecule has 1 unspecified atom stereocenters. The van der Waals surface area contributed by atoms with E-state index in [1.54, 1.807) is 6.07 Å². The van der Waals surface area contributed by atoms with Gasteiger partial charge in [-0.15, -0.1) is 0 Å². The lowest BCUT2D eigenvalue weighted by atomic mass is 9.91. The maximum absolute atomic E-state index is 12.4. The molecule has 1 aromatic heterocycles. The maximum Gasteiger partial charge on any atom is 0.414 e. The van der Waals surface area contributed by atoms with Crippen molar-refractivity contribution in [3.63, 3.8) is 0 Å². The van der Waals surface area contributed by atoms with Gasteiger partial charge in [0.2, 0.25) is 0 Å². The van der Waals surface area contributed by atoms with Gasteiger partial charge >= 0.3 is 6.18 Å². The molecule has 0 bridgehead atoms. The van der Waals surface area contributed by atoms with E-state index in [0.717, 1.165) is 0 Å². The molecule has 1 amide bonds. The van der Waals surface area contributed by atoms with Gasteiger partial charge in [0.25, 0.3) is 5.91 Å². The van der Waals surface area contributed by atoms with Crippen molar-refractivity contribution < 1.29 is 23.1 Å². The van der Waals surface area contributed by atoms with Crippen LogP contribution in [0.15, 0.2) is 18.2 Å². The number of hydrogen-bond acceptors (Lipinski definition) is 3. The van der Waals surface area contributed by atoms with Gasteiger partial charge in [-0.25, -0.2) is 4.98 Å². The van der Waals surface area contributed by atoms with Crippen LogP contribution in [0.3, 0.4) is 0 Å². The molecule has 4 nitrogen and oxygen atoms in total. The molecule has 8 heteroatoms. The van der Waals surface area contributed by atoms with Gasteiger partial charge in [-0.3, -0.25) is 4.79 Å². The zero-order chi connectivity index (χ0) is 15.6. The first-order valence-corrected chi connectivity index (χ1v) is 6.83. The standard InChI is InChI=1S/C13H14ClF3N2O2/c14-10-3-1-2-9(18-10)12(21)19-6-4-8(5-7-19)11(20)13(15,16)17/h1-3,8,11,20H,4-7H2. The molecule has 1 aromatic rings. The summed E-state index contributed by atoms with van der Waals surface area (Å²) in [6, 6.07) is 4.62. The highest BCUT2D eigenvalue weighted by Crippen LogP contribution is 2.31. The lowest BCUT2D eigenvalue weighted by Crippen LogP contribution is -2.45. The molecule has 0 saturated carbocycles. The Kier molecular flexibility index (Phi) is 4.73. The summed E-state index contributed by atoms with van der Waals surface area (Å²) >= 11 is 5.70. The van der Waals surface area contributed by atoms with Crippen LogP contribution in [0.25, 0.3) is 0 Å². The molecule has 1 fully saturated rings. The van der Waals surface area contributed by atoms with Gasteiger partial charge in [-0.2, -0.15) is 13.2 Å². The van der Waals surface area contributed by atoms with Gasteiger partial charge in [0.1, 0.15) is 10.8 Å². The molecule has 0 spiro atoms. The monoisotopic (exact) mass is 322 g/mol. The van der Waals surface area contributed by atoms with E-state index in [1.807, 2.05) is 0 Å². The van der Waals surface area contributed by atoms with E-state index in [1.165, 1.54) is 17.0 Å². The van der Waals surface area contributed by atoms with Crippen molar-refractivity contribution in [2.24, 2.45) is 5.92 Å². The van der Waals surface area contributed by atoms with Crippen molar-refractivity contribution in [1.82, 2.24) is 9.88 Å². The van der Waals surface area contributed by atoms with Crippen LogP contribution in [0.5, 0.6) is 0 Å². The molecule has 1 aliphatic rings. The third-order valence-electron chi connectivity index (χ3n) is 3.54. The van der Waals surface area contributed by atoms with Crippen molar-refractivity contribution in [2.75, 3.05) is 13.1 Å². The Hall–Kier alpha value is -1.34. The summed E-state index contributed by atoms with van der Waals surface area (Å²) in [6.07, 6.45) is -6.75. The molecular weight excluding hydrogens is 309 g/mol. The first-order chi connectivity index (χ1) is 9.79. The quantitative estimate of drug-likeness (QED) is 0.851. The van der Waals surface area contributed by atoms with E-state index in [2.05, 4.69) is 4.98 Å². The van der Waals surface area contributed by atoms with Gasteiger partial charge in [-0.05, 0) is 30.9 Å². The van der Waals surface area contributed by atoms with Gasteiger partial charge < -0.3 is 10.0 Å². The number of aliphatic hydroxyl groups is 1. The number of carbonyl (C=O) groups excluding carboxylic acids is 1. The molecule has 2 heterocycles. The Morgan fingerprint density at radius 2 is 2.00 bits per heavy atom. The summed E-state index contributed by atoms with van der Waals surface area (Å²) in [6.45, 7) is 0.315. The molecule has 2 rings (SSSR count). The van der Waals surface area contributed by atoms with E-state index in [9.17, 15) is 23.1 Å². The van der Waals surface area contributed by atoms with Gasteiger partial charge in [0.15, 0.2) is 6.10 Å². The number of alkyl halides is 3. The van der Waals surface area contributed by atoms with Crippen LogP contribution in [-0.4, -0.2) is 46.3 Å². The van der Waals surface area contributed by atoms with Gasteiger partial charge in [0.05, 0.1) is 0 Å². The molecule has 0 aromatic carbocycles. The lowest BCUT2D eigenvalue weighted by Gasteiger charge is -2.34. The predicted octanol–water partition coefficient (Wildman–Crippen LogP) is 2.51. The summed E-state index contributed by atoms with van der Waals surface area (Å²) in [5.41, 5.74) is 0.164. The number of amides is 1. The Morgan fingerprint density at radius 3 is 2.52 bits per heavy atom. The summed E-state index contributed by atoms with van der Waals surface area (Å²) in [7, 11) is 0. The Morgan fingerprint density at radius 1 is 1.38 bits per heavy atom. The van der Waals surface area contributed by atoms with Crippen LogP contribution >= 0.6 is 11.6 Å². The van der Waals surface area contributed by atoms with E-state index < -0.39 is 18.2 Å². The largest absolute Gasteiger partial charge is 0.414 e. The average molecular weight is 323 g/mol. The molecule has 0 aliphatic carbocycles. The number of likely N-dealkylation sites (tertiary alicyclic amines) is 1. The zero-order valence-corrected chi connectivity index (χ0v) is 11.7. The van der Waals surface area contributed by atoms with Crippen molar-refractivity contribution in [3.05, 3.63) is 29.0 Å². The first-order valence-electron chi connectivity index (χ1n) is 6.45. The summed E-state index contributed by atoms with van der Waals surface area (Å²) in [4.78, 5) is 17.5. The third kappa shape index (κ3) is 3.85. The second-order valence-corrected chi connectivity index (χ2v) is 5.35. The van der Waals surface area contributed by atoms with Gasteiger partial charge in [-0.1, -0.05) is 17.7 Å². The van der Waals surface area contributed by atoms with Crippen LogP contribution < -0.4 is 0 Å². The van der Waals surface area contributed by atoms with Crippen LogP contribution in [0, 0.1) is 5.92 Å². The van der Waals surface area contributed by atoms with Crippen LogP contribution in [-0.2, 0) is 0 Å². The van der Waals surface area contributed by atoms with Crippen molar-refractivity contribution in [1.29, 1.82) is 0 Å². The topological polar surface area (TPSA) is 53.4 Å². The van der Waals surface area contributed by atoms with E-state index in [-0.39, 0.29) is 42.7 Å². The molecule has 116 valence electrons. The Balaban J connectivity index is 1.96. The smallest absolute Gasteiger partial charge is 0.383 e. The number of halogens is 4. The molecular formula is C13H14ClF3N2O2. The molecule has 1 aliphatic heterocycles. The number of nitrogens with zero attached hydrogens (tertiary/aromatic N) is 2. The second kappa shape index (κ2) is 6.19. The highest BCUT2D eigenvalue weighted by molar-refractivity contribution is 6.29. The number of aromatic nitrogens is 1. The normalized spacial score (nSPS) is 18.6. The Labute approximate surface area is 124 Å². The highest BCUT2D eigenvalue weighted by atomic mass is 35.5. The van der Waals surface area contributed by atoms with Crippen LogP contribution in [0.4, 0.5) is 13.2 Å². The number of piperidine rings is 1. The first kappa shape index (κ1) is 16.0. The second-order valence-electron chi connectivity index (χ2n) is 4.96. The fourth-order valence-electron chi connectivity index (χ4n) is 2.37. The minimum Gasteiger partial charge on any atom is -0.383 e. The number of rotatable bonds is 2. The van der Waals surface area contributed by atoms with Crippen molar-refractivity contribution >= 4 is 17.5 Å². The summed E-state index contributed by atoms with van der Waals surface area (Å²) in [5.74, 6) is -1.24. The van der Waals surface area contributed by atoms with Crippen molar-refractivity contribution in [3.8, 4) is 0 Å². The van der Waals surface area contributed by atoms with Gasteiger partial charge in [0, 0.05) is 13.1 Å². The summed E-state index contributed by atoms with van der Waals surface area (Å²) in [5, 5.41) is 9.41. The highest BCUT2D eigenvalue weighted by Gasteiger charge is 2.44. The van der Waals surface area contributed by atoms with Crippen molar-refractivity contribution in [2.45, 2.75) is 25.1 Å². The number of aliphatic hydroxyl groups excluding tert-OH is 1. The molecule has 1 atom stereocenters. The minimum atomic E-state index is -4.62. The molecule has 1 N–H and O–H groups in total.